The average Bonchev–Trinajstić information content (AvgIpc) is 2.91. The number of carbonyl (C=O) groups is 3. The van der Waals surface area contributed by atoms with Gasteiger partial charge < -0.3 is 9.64 Å². The van der Waals surface area contributed by atoms with Crippen LogP contribution in [-0.4, -0.2) is 47.8 Å². The summed E-state index contributed by atoms with van der Waals surface area (Å²) in [6, 6.07) is 6.18. The van der Waals surface area contributed by atoms with Crippen molar-refractivity contribution in [2.75, 3.05) is 24.5 Å². The van der Waals surface area contributed by atoms with Gasteiger partial charge in [-0.1, -0.05) is 6.07 Å². The van der Waals surface area contributed by atoms with E-state index < -0.39 is 17.1 Å². The smallest absolute Gasteiger partial charge is 0.326 e. The van der Waals surface area contributed by atoms with E-state index in [1.165, 1.54) is 24.9 Å². The Labute approximate surface area is 169 Å². The van der Waals surface area contributed by atoms with Gasteiger partial charge in [0.1, 0.15) is 6.54 Å². The highest BCUT2D eigenvalue weighted by Crippen LogP contribution is 2.33. The summed E-state index contributed by atoms with van der Waals surface area (Å²) in [7, 11) is 0. The molecule has 2 fully saturated rings. The zero-order valence-electron chi connectivity index (χ0n) is 16.6. The first-order valence-electron chi connectivity index (χ1n) is 9.65. The van der Waals surface area contributed by atoms with Crippen LogP contribution in [0.2, 0.25) is 0 Å². The first-order chi connectivity index (χ1) is 13.3. The molecule has 0 aromatic heterocycles. The van der Waals surface area contributed by atoms with Crippen LogP contribution in [0.3, 0.4) is 0 Å². The summed E-state index contributed by atoms with van der Waals surface area (Å²) in [5, 5.41) is -0.445. The molecule has 6 nitrogen and oxygen atoms in total. The van der Waals surface area contributed by atoms with E-state index in [1.807, 2.05) is 13.0 Å². The minimum atomic E-state index is -0.583. The molecule has 28 heavy (non-hydrogen) atoms. The highest BCUT2D eigenvalue weighted by molar-refractivity contribution is 8.18. The molecule has 3 rings (SSSR count). The number of esters is 1. The molecular formula is C21H26N2O4S. The minimum Gasteiger partial charge on any atom is -0.462 e. The number of thioether (sulfide) groups is 1. The van der Waals surface area contributed by atoms with Gasteiger partial charge in [0, 0.05) is 18.8 Å². The van der Waals surface area contributed by atoms with Gasteiger partial charge in [0.25, 0.3) is 11.1 Å². The molecule has 0 bridgehead atoms. The molecule has 2 heterocycles. The SMILES string of the molecule is Cc1cc(N2CCCCC2)ccc1/C=C1/SC(=O)N(CC(=O)OC(C)C)C1=O. The number of amides is 2. The number of piperidine rings is 1. The third-order valence-electron chi connectivity index (χ3n) is 4.79. The third-order valence-corrected chi connectivity index (χ3v) is 5.70. The van der Waals surface area contributed by atoms with Gasteiger partial charge in [-0.15, -0.1) is 0 Å². The molecular weight excluding hydrogens is 376 g/mol. The molecule has 0 saturated carbocycles. The Morgan fingerprint density at radius 2 is 1.93 bits per heavy atom. The molecule has 2 saturated heterocycles. The Hall–Kier alpha value is -2.28. The summed E-state index contributed by atoms with van der Waals surface area (Å²) in [4.78, 5) is 40.2. The number of nitrogens with zero attached hydrogens (tertiary/aromatic N) is 2. The van der Waals surface area contributed by atoms with Gasteiger partial charge in [0.05, 0.1) is 11.0 Å². The molecule has 1 aromatic carbocycles. The van der Waals surface area contributed by atoms with Gasteiger partial charge in [-0.05, 0) is 81.1 Å². The lowest BCUT2D eigenvalue weighted by molar-refractivity contribution is -0.149. The Balaban J connectivity index is 1.73. The van der Waals surface area contributed by atoms with Crippen LogP contribution in [0.15, 0.2) is 23.1 Å². The van der Waals surface area contributed by atoms with Gasteiger partial charge in [-0.3, -0.25) is 19.3 Å². The number of carbonyl (C=O) groups excluding carboxylic acids is 3. The van der Waals surface area contributed by atoms with Gasteiger partial charge in [-0.25, -0.2) is 0 Å². The largest absolute Gasteiger partial charge is 0.462 e. The number of aryl methyl sites for hydroxylation is 1. The Bertz CT molecular complexity index is 813. The number of ether oxygens (including phenoxy) is 1. The van der Waals surface area contributed by atoms with Crippen LogP contribution in [0.25, 0.3) is 6.08 Å². The monoisotopic (exact) mass is 402 g/mol. The van der Waals surface area contributed by atoms with Crippen molar-refractivity contribution in [3.05, 3.63) is 34.2 Å². The van der Waals surface area contributed by atoms with Crippen molar-refractivity contribution in [3.63, 3.8) is 0 Å². The van der Waals surface area contributed by atoms with E-state index in [4.69, 9.17) is 4.74 Å². The molecule has 0 unspecified atom stereocenters. The second-order valence-corrected chi connectivity index (χ2v) is 8.39. The van der Waals surface area contributed by atoms with Crippen molar-refractivity contribution in [3.8, 4) is 0 Å². The molecule has 1 aromatic rings. The minimum absolute atomic E-state index is 0.288. The maximum Gasteiger partial charge on any atom is 0.326 e. The summed E-state index contributed by atoms with van der Waals surface area (Å²) >= 11 is 0.859. The van der Waals surface area contributed by atoms with E-state index in [0.717, 1.165) is 40.9 Å². The second kappa shape index (κ2) is 8.82. The first-order valence-corrected chi connectivity index (χ1v) is 10.5. The summed E-state index contributed by atoms with van der Waals surface area (Å²) < 4.78 is 5.03. The number of benzene rings is 1. The van der Waals surface area contributed by atoms with Crippen molar-refractivity contribution in [1.29, 1.82) is 0 Å². The Kier molecular flexibility index (Phi) is 6.44. The number of imide groups is 1. The fourth-order valence-corrected chi connectivity index (χ4v) is 4.21. The maximum atomic E-state index is 12.6. The van der Waals surface area contributed by atoms with Crippen LogP contribution < -0.4 is 4.90 Å². The predicted octanol–water partition coefficient (Wildman–Crippen LogP) is 3.97. The average molecular weight is 403 g/mol. The van der Waals surface area contributed by atoms with Crippen LogP contribution in [0.4, 0.5) is 10.5 Å². The molecule has 2 aliphatic heterocycles. The van der Waals surface area contributed by atoms with Crippen LogP contribution >= 0.6 is 11.8 Å². The van der Waals surface area contributed by atoms with E-state index in [1.54, 1.807) is 19.9 Å². The number of anilines is 1. The lowest BCUT2D eigenvalue weighted by Crippen LogP contribution is -2.35. The summed E-state index contributed by atoms with van der Waals surface area (Å²) in [6.07, 6.45) is 5.16. The van der Waals surface area contributed by atoms with E-state index in [-0.39, 0.29) is 12.6 Å². The molecule has 150 valence electrons. The van der Waals surface area contributed by atoms with Crippen molar-refractivity contribution < 1.29 is 19.1 Å². The van der Waals surface area contributed by atoms with E-state index in [2.05, 4.69) is 17.0 Å². The van der Waals surface area contributed by atoms with Crippen molar-refractivity contribution >= 4 is 40.6 Å². The number of hydrogen-bond donors (Lipinski definition) is 0. The number of rotatable bonds is 5. The maximum absolute atomic E-state index is 12.6. The molecule has 0 atom stereocenters. The Morgan fingerprint density at radius 1 is 1.21 bits per heavy atom. The highest BCUT2D eigenvalue weighted by Gasteiger charge is 2.36. The zero-order chi connectivity index (χ0) is 20.3. The predicted molar refractivity (Wildman–Crippen MR) is 111 cm³/mol. The molecule has 7 heteroatoms. The normalized spacial score (nSPS) is 19.1. The van der Waals surface area contributed by atoms with Crippen molar-refractivity contribution in [1.82, 2.24) is 4.90 Å². The van der Waals surface area contributed by atoms with Gasteiger partial charge in [0.15, 0.2) is 0 Å². The van der Waals surface area contributed by atoms with Crippen LogP contribution in [-0.2, 0) is 14.3 Å². The Morgan fingerprint density at radius 3 is 2.57 bits per heavy atom. The van der Waals surface area contributed by atoms with Gasteiger partial charge in [0.2, 0.25) is 0 Å². The van der Waals surface area contributed by atoms with Crippen LogP contribution in [0, 0.1) is 6.92 Å². The van der Waals surface area contributed by atoms with Crippen LogP contribution in [0.5, 0.6) is 0 Å². The summed E-state index contributed by atoms with van der Waals surface area (Å²) in [6.45, 7) is 7.24. The standard InChI is InChI=1S/C21H26N2O4S/c1-14(2)27-19(24)13-23-20(25)18(28-21(23)26)12-16-7-8-17(11-15(16)3)22-9-5-4-6-10-22/h7-8,11-12,14H,4-6,9-10,13H2,1-3H3/b18-12+. The second-order valence-electron chi connectivity index (χ2n) is 7.40. The molecule has 0 radical (unpaired) electrons. The fourth-order valence-electron chi connectivity index (χ4n) is 3.38. The number of hydrogen-bond acceptors (Lipinski definition) is 6. The van der Waals surface area contributed by atoms with E-state index in [0.29, 0.717) is 4.91 Å². The third kappa shape index (κ3) is 4.76. The molecule has 2 amide bonds. The van der Waals surface area contributed by atoms with E-state index in [9.17, 15) is 14.4 Å². The summed E-state index contributed by atoms with van der Waals surface area (Å²) in [5.41, 5.74) is 3.14. The van der Waals surface area contributed by atoms with Crippen LogP contribution in [0.1, 0.15) is 44.2 Å². The molecule has 0 spiro atoms. The fraction of sp³-hybridized carbons (Fsp3) is 0.476. The lowest BCUT2D eigenvalue weighted by atomic mass is 10.0. The topological polar surface area (TPSA) is 66.9 Å². The van der Waals surface area contributed by atoms with Gasteiger partial charge >= 0.3 is 5.97 Å². The zero-order valence-corrected chi connectivity index (χ0v) is 17.4. The molecule has 0 N–H and O–H groups in total. The van der Waals surface area contributed by atoms with Crippen molar-refractivity contribution in [2.45, 2.75) is 46.1 Å². The first kappa shape index (κ1) is 20.5. The van der Waals surface area contributed by atoms with E-state index >= 15 is 0 Å². The summed E-state index contributed by atoms with van der Waals surface area (Å²) in [5.74, 6) is -1.03. The highest BCUT2D eigenvalue weighted by atomic mass is 32.2. The molecule has 2 aliphatic rings. The lowest BCUT2D eigenvalue weighted by Gasteiger charge is -2.29. The quantitative estimate of drug-likeness (QED) is 0.548. The molecule has 0 aliphatic carbocycles. The van der Waals surface area contributed by atoms with Crippen molar-refractivity contribution in [2.24, 2.45) is 0 Å². The van der Waals surface area contributed by atoms with Gasteiger partial charge in [-0.2, -0.15) is 0 Å².